The van der Waals surface area contributed by atoms with Gasteiger partial charge in [-0.3, -0.25) is 9.59 Å². The highest BCUT2D eigenvalue weighted by molar-refractivity contribution is 5.90. The molecule has 0 aromatic rings. The van der Waals surface area contributed by atoms with E-state index in [1.165, 1.54) is 11.1 Å². The highest BCUT2D eigenvalue weighted by atomic mass is 16.5. The minimum absolute atomic E-state index is 0.0948. The molecule has 4 atom stereocenters. The van der Waals surface area contributed by atoms with Gasteiger partial charge in [-0.2, -0.15) is 0 Å². The molecule has 0 aromatic carbocycles. The number of carbonyl (C=O) groups excluding carboxylic acids is 1. The van der Waals surface area contributed by atoms with Crippen molar-refractivity contribution >= 4 is 11.9 Å². The predicted molar refractivity (Wildman–Crippen MR) is 90.4 cm³/mol. The van der Waals surface area contributed by atoms with Gasteiger partial charge in [0.2, 0.25) is 5.91 Å². The Labute approximate surface area is 142 Å². The zero-order chi connectivity index (χ0) is 17.5. The lowest BCUT2D eigenvalue weighted by atomic mass is 9.77. The van der Waals surface area contributed by atoms with Gasteiger partial charge in [-0.15, -0.1) is 0 Å². The molecule has 0 aliphatic carbocycles. The highest BCUT2D eigenvalue weighted by Gasteiger charge is 2.66. The number of amides is 1. The van der Waals surface area contributed by atoms with Crippen molar-refractivity contribution in [2.75, 3.05) is 13.1 Å². The van der Waals surface area contributed by atoms with E-state index in [1.54, 1.807) is 11.0 Å². The van der Waals surface area contributed by atoms with Crippen LogP contribution in [0.25, 0.3) is 0 Å². The van der Waals surface area contributed by atoms with Crippen LogP contribution < -0.4 is 0 Å². The molecule has 3 heterocycles. The number of aliphatic carboxylic acids is 1. The van der Waals surface area contributed by atoms with E-state index in [1.807, 2.05) is 6.08 Å². The molecule has 2 fully saturated rings. The van der Waals surface area contributed by atoms with Crippen molar-refractivity contribution in [1.82, 2.24) is 4.90 Å². The SMILES string of the molecule is CC(C)=CCC/C(C)=C\CN1C[C@]23C=C[C@@H](O2)[C@H](C(=O)O)[C@@H]3C1=O. The average Bonchev–Trinajstić information content (AvgIpc) is 3.13. The number of hydrogen-bond donors (Lipinski definition) is 1. The molecule has 0 unspecified atom stereocenters. The summed E-state index contributed by atoms with van der Waals surface area (Å²) in [4.78, 5) is 26.0. The topological polar surface area (TPSA) is 66.8 Å². The van der Waals surface area contributed by atoms with Crippen molar-refractivity contribution in [2.24, 2.45) is 11.8 Å². The van der Waals surface area contributed by atoms with Crippen LogP contribution in [0.4, 0.5) is 0 Å². The zero-order valence-electron chi connectivity index (χ0n) is 14.5. The van der Waals surface area contributed by atoms with Crippen molar-refractivity contribution in [1.29, 1.82) is 0 Å². The van der Waals surface area contributed by atoms with E-state index in [2.05, 4.69) is 32.9 Å². The molecule has 0 radical (unpaired) electrons. The smallest absolute Gasteiger partial charge is 0.310 e. The Morgan fingerprint density at radius 3 is 2.83 bits per heavy atom. The monoisotopic (exact) mass is 331 g/mol. The summed E-state index contributed by atoms with van der Waals surface area (Å²) in [6, 6.07) is 0. The molecule has 3 aliphatic heterocycles. The molecule has 2 saturated heterocycles. The molecule has 5 heteroatoms. The van der Waals surface area contributed by atoms with E-state index < -0.39 is 29.5 Å². The van der Waals surface area contributed by atoms with Gasteiger partial charge in [0.25, 0.3) is 0 Å². The molecule has 1 N–H and O–H groups in total. The first-order chi connectivity index (χ1) is 11.3. The summed E-state index contributed by atoms with van der Waals surface area (Å²) in [6.45, 7) is 7.21. The lowest BCUT2D eigenvalue weighted by Gasteiger charge is -2.21. The van der Waals surface area contributed by atoms with Crippen LogP contribution in [0.15, 0.2) is 35.5 Å². The normalized spacial score (nSPS) is 34.0. The average molecular weight is 331 g/mol. The van der Waals surface area contributed by atoms with Gasteiger partial charge in [0.1, 0.15) is 11.5 Å². The first-order valence-electron chi connectivity index (χ1n) is 8.52. The van der Waals surface area contributed by atoms with E-state index in [-0.39, 0.29) is 5.91 Å². The number of carbonyl (C=O) groups is 2. The summed E-state index contributed by atoms with van der Waals surface area (Å²) in [5.41, 5.74) is 1.82. The molecule has 2 bridgehead atoms. The van der Waals surface area contributed by atoms with E-state index in [0.717, 1.165) is 12.8 Å². The van der Waals surface area contributed by atoms with Crippen LogP contribution in [0.1, 0.15) is 33.6 Å². The molecule has 24 heavy (non-hydrogen) atoms. The third kappa shape index (κ3) is 2.81. The maximum absolute atomic E-state index is 12.7. The third-order valence-corrected chi connectivity index (χ3v) is 5.22. The summed E-state index contributed by atoms with van der Waals surface area (Å²) in [6.07, 6.45) is 9.48. The Morgan fingerprint density at radius 2 is 2.17 bits per heavy atom. The van der Waals surface area contributed by atoms with Crippen molar-refractivity contribution in [2.45, 2.75) is 45.3 Å². The summed E-state index contributed by atoms with van der Waals surface area (Å²) in [5.74, 6) is -2.37. The third-order valence-electron chi connectivity index (χ3n) is 5.22. The van der Waals surface area contributed by atoms with E-state index in [9.17, 15) is 14.7 Å². The van der Waals surface area contributed by atoms with Crippen LogP contribution in [0.2, 0.25) is 0 Å². The first kappa shape index (κ1) is 17.0. The Hall–Kier alpha value is -1.88. The number of carboxylic acids is 1. The molecule has 3 rings (SSSR count). The number of nitrogens with zero attached hydrogens (tertiary/aromatic N) is 1. The highest BCUT2D eigenvalue weighted by Crippen LogP contribution is 2.51. The molecule has 1 spiro atoms. The van der Waals surface area contributed by atoms with Crippen LogP contribution in [0.5, 0.6) is 0 Å². The van der Waals surface area contributed by atoms with Gasteiger partial charge < -0.3 is 14.7 Å². The lowest BCUT2D eigenvalue weighted by Crippen LogP contribution is -2.39. The fourth-order valence-electron chi connectivity index (χ4n) is 3.97. The van der Waals surface area contributed by atoms with Crippen LogP contribution >= 0.6 is 0 Å². The minimum Gasteiger partial charge on any atom is -0.481 e. The molecule has 0 aromatic heterocycles. The maximum atomic E-state index is 12.7. The van der Waals surface area contributed by atoms with Crippen molar-refractivity contribution in [3.63, 3.8) is 0 Å². The number of hydrogen-bond acceptors (Lipinski definition) is 3. The number of rotatable bonds is 6. The number of allylic oxidation sites excluding steroid dienone is 3. The molecule has 5 nitrogen and oxygen atoms in total. The van der Waals surface area contributed by atoms with Gasteiger partial charge in [0, 0.05) is 6.54 Å². The number of fused-ring (bicyclic) bond motifs is 1. The number of ether oxygens (including phenoxy) is 1. The predicted octanol–water partition coefficient (Wildman–Crippen LogP) is 2.55. The summed E-state index contributed by atoms with van der Waals surface area (Å²) in [5, 5.41) is 9.44. The Bertz CT molecular complexity index is 644. The number of likely N-dealkylation sites (tertiary alicyclic amines) is 1. The van der Waals surface area contributed by atoms with E-state index in [4.69, 9.17) is 4.74 Å². The molecule has 0 saturated carbocycles. The standard InChI is InChI=1S/C19H25NO4/c1-12(2)5-4-6-13(3)8-10-20-11-19-9-7-14(24-19)15(18(22)23)16(19)17(20)21/h5,7-9,14-16H,4,6,10-11H2,1-3H3,(H,22,23)/b13-8-/t14-,15+,16-,19+/m1/s1. The van der Waals surface area contributed by atoms with Gasteiger partial charge in [-0.05, 0) is 33.6 Å². The Balaban J connectivity index is 1.66. The summed E-state index contributed by atoms with van der Waals surface area (Å²) < 4.78 is 5.87. The van der Waals surface area contributed by atoms with Gasteiger partial charge in [0.05, 0.1) is 18.6 Å². The lowest BCUT2D eigenvalue weighted by molar-refractivity contribution is -0.147. The van der Waals surface area contributed by atoms with Crippen LogP contribution in [-0.2, 0) is 14.3 Å². The van der Waals surface area contributed by atoms with Gasteiger partial charge >= 0.3 is 5.97 Å². The second kappa shape index (κ2) is 6.20. The van der Waals surface area contributed by atoms with Gasteiger partial charge in [-0.25, -0.2) is 0 Å². The fourth-order valence-corrected chi connectivity index (χ4v) is 3.97. The van der Waals surface area contributed by atoms with Crippen molar-refractivity contribution < 1.29 is 19.4 Å². The molecule has 3 aliphatic rings. The van der Waals surface area contributed by atoms with Crippen molar-refractivity contribution in [3.8, 4) is 0 Å². The van der Waals surface area contributed by atoms with Crippen molar-refractivity contribution in [3.05, 3.63) is 35.5 Å². The summed E-state index contributed by atoms with van der Waals surface area (Å²) in [7, 11) is 0. The van der Waals surface area contributed by atoms with Gasteiger partial charge in [-0.1, -0.05) is 35.5 Å². The van der Waals surface area contributed by atoms with Gasteiger partial charge in [0.15, 0.2) is 0 Å². The second-order valence-corrected chi connectivity index (χ2v) is 7.33. The van der Waals surface area contributed by atoms with E-state index >= 15 is 0 Å². The zero-order valence-corrected chi connectivity index (χ0v) is 14.5. The largest absolute Gasteiger partial charge is 0.481 e. The summed E-state index contributed by atoms with van der Waals surface area (Å²) >= 11 is 0. The van der Waals surface area contributed by atoms with Crippen LogP contribution in [0, 0.1) is 11.8 Å². The molecule has 1 amide bonds. The van der Waals surface area contributed by atoms with Crippen LogP contribution in [-0.4, -0.2) is 46.7 Å². The Kier molecular flexibility index (Phi) is 4.38. The molecule has 130 valence electrons. The molecular weight excluding hydrogens is 306 g/mol. The second-order valence-electron chi connectivity index (χ2n) is 7.33. The van der Waals surface area contributed by atoms with Crippen LogP contribution in [0.3, 0.4) is 0 Å². The minimum atomic E-state index is -0.945. The van der Waals surface area contributed by atoms with E-state index in [0.29, 0.717) is 13.1 Å². The fraction of sp³-hybridized carbons (Fsp3) is 0.579. The number of carboxylic acid groups (broad SMARTS) is 1. The quantitative estimate of drug-likeness (QED) is 0.760. The Morgan fingerprint density at radius 1 is 1.42 bits per heavy atom. The molecular formula is C19H25NO4. The first-order valence-corrected chi connectivity index (χ1v) is 8.52. The maximum Gasteiger partial charge on any atom is 0.310 e.